The van der Waals surface area contributed by atoms with E-state index in [0.717, 1.165) is 21.8 Å². The third-order valence-corrected chi connectivity index (χ3v) is 5.43. The Morgan fingerprint density at radius 3 is 2.79 bits per heavy atom. The van der Waals surface area contributed by atoms with Gasteiger partial charge in [0.1, 0.15) is 5.82 Å². The maximum Gasteiger partial charge on any atom is 0.136 e. The molecule has 0 bridgehead atoms. The highest BCUT2D eigenvalue weighted by molar-refractivity contribution is 9.11. The van der Waals surface area contributed by atoms with Gasteiger partial charge >= 0.3 is 0 Å². The molecule has 3 rings (SSSR count). The summed E-state index contributed by atoms with van der Waals surface area (Å²) in [5.41, 5.74) is 1.18. The molecule has 1 saturated carbocycles. The molecule has 1 fully saturated rings. The van der Waals surface area contributed by atoms with Crippen LogP contribution < -0.4 is 5.32 Å². The van der Waals surface area contributed by atoms with Crippen molar-refractivity contribution in [1.29, 1.82) is 0 Å². The Labute approximate surface area is 125 Å². The van der Waals surface area contributed by atoms with Gasteiger partial charge < -0.3 is 5.32 Å². The lowest BCUT2D eigenvalue weighted by Crippen LogP contribution is -2.44. The Hall–Kier alpha value is -0.780. The molecule has 0 unspecified atom stereocenters. The third-order valence-electron chi connectivity index (χ3n) is 3.78. The van der Waals surface area contributed by atoms with E-state index in [4.69, 9.17) is 4.98 Å². The Kier molecular flexibility index (Phi) is 3.69. The van der Waals surface area contributed by atoms with E-state index in [1.807, 2.05) is 19.3 Å². The van der Waals surface area contributed by atoms with Gasteiger partial charge in [-0.2, -0.15) is 0 Å². The summed E-state index contributed by atoms with van der Waals surface area (Å²) in [4.78, 5) is 10.5. The number of likely N-dealkylation sites (N-methyl/N-ethyl adjacent to an activating group) is 1. The number of thiophene rings is 1. The molecule has 0 amide bonds. The van der Waals surface area contributed by atoms with Gasteiger partial charge in [-0.1, -0.05) is 6.42 Å². The Morgan fingerprint density at radius 2 is 2.21 bits per heavy atom. The van der Waals surface area contributed by atoms with Crippen molar-refractivity contribution >= 4 is 27.3 Å². The number of rotatable bonds is 4. The predicted octanol–water partition coefficient (Wildman–Crippen LogP) is 3.61. The second-order valence-corrected chi connectivity index (χ2v) is 7.50. The number of halogens is 1. The summed E-state index contributed by atoms with van der Waals surface area (Å²) in [6.45, 7) is 0.963. The molecule has 2 aromatic rings. The van der Waals surface area contributed by atoms with Crippen LogP contribution in [0, 0.1) is 0 Å². The predicted molar refractivity (Wildman–Crippen MR) is 82.5 cm³/mol. The third kappa shape index (κ3) is 2.47. The van der Waals surface area contributed by atoms with Crippen molar-refractivity contribution < 1.29 is 0 Å². The SMILES string of the molecule is CNCC1(c2nccc(-c3ccc(Br)s3)n2)CCC1. The van der Waals surface area contributed by atoms with Crippen LogP contribution in [-0.4, -0.2) is 23.6 Å². The Balaban J connectivity index is 1.95. The zero-order valence-corrected chi connectivity index (χ0v) is 13.2. The van der Waals surface area contributed by atoms with E-state index in [0.29, 0.717) is 0 Å². The highest BCUT2D eigenvalue weighted by Gasteiger charge is 2.40. The van der Waals surface area contributed by atoms with E-state index < -0.39 is 0 Å². The maximum absolute atomic E-state index is 4.81. The molecule has 0 saturated heterocycles. The van der Waals surface area contributed by atoms with Crippen LogP contribution >= 0.6 is 27.3 Å². The lowest BCUT2D eigenvalue weighted by molar-refractivity contribution is 0.225. The van der Waals surface area contributed by atoms with Crippen molar-refractivity contribution in [3.63, 3.8) is 0 Å². The number of hydrogen-bond donors (Lipinski definition) is 1. The first-order valence-electron chi connectivity index (χ1n) is 6.47. The normalized spacial score (nSPS) is 17.2. The number of aromatic nitrogens is 2. The van der Waals surface area contributed by atoms with Crippen molar-refractivity contribution in [1.82, 2.24) is 15.3 Å². The summed E-state index contributed by atoms with van der Waals surface area (Å²) in [6, 6.07) is 6.16. The Morgan fingerprint density at radius 1 is 1.37 bits per heavy atom. The minimum absolute atomic E-state index is 0.152. The van der Waals surface area contributed by atoms with Crippen LogP contribution in [0.3, 0.4) is 0 Å². The van der Waals surface area contributed by atoms with Crippen molar-refractivity contribution in [3.05, 3.63) is 34.0 Å². The Bertz CT molecular complexity index is 578. The molecule has 1 aliphatic rings. The molecule has 2 heterocycles. The number of hydrogen-bond acceptors (Lipinski definition) is 4. The largest absolute Gasteiger partial charge is 0.319 e. The van der Waals surface area contributed by atoms with E-state index >= 15 is 0 Å². The van der Waals surface area contributed by atoms with Gasteiger partial charge in [-0.15, -0.1) is 11.3 Å². The summed E-state index contributed by atoms with van der Waals surface area (Å²) in [6.07, 6.45) is 5.54. The summed E-state index contributed by atoms with van der Waals surface area (Å²) in [5.74, 6) is 0.995. The van der Waals surface area contributed by atoms with Crippen LogP contribution in [0.25, 0.3) is 10.6 Å². The number of nitrogens with one attached hydrogen (secondary N) is 1. The van der Waals surface area contributed by atoms with E-state index in [2.05, 4.69) is 38.4 Å². The highest BCUT2D eigenvalue weighted by atomic mass is 79.9. The summed E-state index contributed by atoms with van der Waals surface area (Å²) in [5, 5.41) is 3.29. The van der Waals surface area contributed by atoms with Crippen LogP contribution in [0.1, 0.15) is 25.1 Å². The van der Waals surface area contributed by atoms with Crippen LogP contribution in [0.5, 0.6) is 0 Å². The van der Waals surface area contributed by atoms with Crippen molar-refractivity contribution in [3.8, 4) is 10.6 Å². The van der Waals surface area contributed by atoms with Crippen molar-refractivity contribution in [2.75, 3.05) is 13.6 Å². The smallest absolute Gasteiger partial charge is 0.136 e. The second kappa shape index (κ2) is 5.31. The molecule has 1 aliphatic carbocycles. The number of nitrogens with zero attached hydrogens (tertiary/aromatic N) is 2. The average Bonchev–Trinajstić information content (AvgIpc) is 2.81. The first-order valence-corrected chi connectivity index (χ1v) is 8.08. The molecule has 0 radical (unpaired) electrons. The fraction of sp³-hybridized carbons (Fsp3) is 0.429. The van der Waals surface area contributed by atoms with Gasteiger partial charge in [0, 0.05) is 18.2 Å². The fourth-order valence-corrected chi connectivity index (χ4v) is 3.98. The molecule has 3 nitrogen and oxygen atoms in total. The molecule has 5 heteroatoms. The van der Waals surface area contributed by atoms with Gasteiger partial charge in [0.25, 0.3) is 0 Å². The molecule has 0 atom stereocenters. The van der Waals surface area contributed by atoms with Crippen molar-refractivity contribution in [2.24, 2.45) is 0 Å². The zero-order chi connectivity index (χ0) is 13.3. The fourth-order valence-electron chi connectivity index (χ4n) is 2.62. The highest BCUT2D eigenvalue weighted by Crippen LogP contribution is 2.42. The quantitative estimate of drug-likeness (QED) is 0.925. The minimum Gasteiger partial charge on any atom is -0.319 e. The summed E-state index contributed by atoms with van der Waals surface area (Å²) < 4.78 is 1.14. The van der Waals surface area contributed by atoms with Gasteiger partial charge in [0.15, 0.2) is 0 Å². The molecule has 0 aliphatic heterocycles. The summed E-state index contributed by atoms with van der Waals surface area (Å²) in [7, 11) is 2.00. The zero-order valence-electron chi connectivity index (χ0n) is 10.8. The lowest BCUT2D eigenvalue weighted by atomic mass is 9.68. The van der Waals surface area contributed by atoms with Gasteiger partial charge in [-0.25, -0.2) is 9.97 Å². The standard InChI is InChI=1S/C14H16BrN3S/c1-16-9-14(6-2-7-14)13-17-8-5-10(18-13)11-3-4-12(15)19-11/h3-5,8,16H,2,6-7,9H2,1H3. The molecule has 1 N–H and O–H groups in total. The minimum atomic E-state index is 0.152. The van der Waals surface area contributed by atoms with Crippen LogP contribution in [0.15, 0.2) is 28.2 Å². The van der Waals surface area contributed by atoms with E-state index in [-0.39, 0.29) is 5.41 Å². The molecule has 0 aromatic carbocycles. The average molecular weight is 338 g/mol. The molecule has 2 aromatic heterocycles. The lowest BCUT2D eigenvalue weighted by Gasteiger charge is -2.40. The van der Waals surface area contributed by atoms with Gasteiger partial charge in [-0.3, -0.25) is 0 Å². The van der Waals surface area contributed by atoms with Crippen LogP contribution in [-0.2, 0) is 5.41 Å². The van der Waals surface area contributed by atoms with Gasteiger partial charge in [-0.05, 0) is 54.0 Å². The van der Waals surface area contributed by atoms with E-state index in [1.54, 1.807) is 11.3 Å². The topological polar surface area (TPSA) is 37.8 Å². The van der Waals surface area contributed by atoms with Crippen LogP contribution in [0.2, 0.25) is 0 Å². The first-order chi connectivity index (χ1) is 9.23. The molecular weight excluding hydrogens is 322 g/mol. The molecular formula is C14H16BrN3S. The maximum atomic E-state index is 4.81. The first kappa shape index (κ1) is 13.2. The second-order valence-electron chi connectivity index (χ2n) is 5.03. The van der Waals surface area contributed by atoms with Gasteiger partial charge in [0.05, 0.1) is 14.4 Å². The van der Waals surface area contributed by atoms with Crippen LogP contribution in [0.4, 0.5) is 0 Å². The molecule has 19 heavy (non-hydrogen) atoms. The van der Waals surface area contributed by atoms with Gasteiger partial charge in [0.2, 0.25) is 0 Å². The monoisotopic (exact) mass is 337 g/mol. The van der Waals surface area contributed by atoms with E-state index in [1.165, 1.54) is 24.1 Å². The molecule has 100 valence electrons. The van der Waals surface area contributed by atoms with Crippen molar-refractivity contribution in [2.45, 2.75) is 24.7 Å². The van der Waals surface area contributed by atoms with E-state index in [9.17, 15) is 0 Å². The summed E-state index contributed by atoms with van der Waals surface area (Å²) >= 11 is 5.21. The molecule has 0 spiro atoms.